The minimum absolute atomic E-state index is 0.177. The monoisotopic (exact) mass is 352 g/mol. The Labute approximate surface area is 161 Å². The zero-order valence-electron chi connectivity index (χ0n) is 16.1. The topological polar surface area (TPSA) is 17.8 Å². The molecule has 1 heterocycles. The third-order valence-electron chi connectivity index (χ3n) is 4.90. The SMILES string of the molecule is CC(C)(C)c1ccc(-c2ccc(-c3nccn3-c3ccccc3)cc2)cc1. The fourth-order valence-electron chi connectivity index (χ4n) is 3.29. The summed E-state index contributed by atoms with van der Waals surface area (Å²) in [4.78, 5) is 4.57. The van der Waals surface area contributed by atoms with E-state index in [0.29, 0.717) is 0 Å². The summed E-state index contributed by atoms with van der Waals surface area (Å²) in [5, 5.41) is 0. The van der Waals surface area contributed by atoms with Gasteiger partial charge in [0.2, 0.25) is 0 Å². The van der Waals surface area contributed by atoms with E-state index in [-0.39, 0.29) is 5.41 Å². The summed E-state index contributed by atoms with van der Waals surface area (Å²) in [6.07, 6.45) is 3.85. The number of aromatic nitrogens is 2. The highest BCUT2D eigenvalue weighted by molar-refractivity contribution is 5.68. The van der Waals surface area contributed by atoms with Gasteiger partial charge in [0.05, 0.1) is 0 Å². The third-order valence-corrected chi connectivity index (χ3v) is 4.90. The van der Waals surface area contributed by atoms with E-state index in [4.69, 9.17) is 0 Å². The Morgan fingerprint density at radius 3 is 1.81 bits per heavy atom. The number of nitrogens with zero attached hydrogens (tertiary/aromatic N) is 2. The minimum Gasteiger partial charge on any atom is -0.300 e. The van der Waals surface area contributed by atoms with Crippen molar-refractivity contribution in [2.75, 3.05) is 0 Å². The first-order valence-electron chi connectivity index (χ1n) is 9.32. The molecule has 0 fully saturated rings. The summed E-state index contributed by atoms with van der Waals surface area (Å²) in [6, 6.07) is 27.8. The van der Waals surface area contributed by atoms with Crippen LogP contribution in [0.5, 0.6) is 0 Å². The molecule has 2 heteroatoms. The van der Waals surface area contributed by atoms with Crippen molar-refractivity contribution in [3.8, 4) is 28.2 Å². The van der Waals surface area contributed by atoms with E-state index in [2.05, 4.69) is 91.0 Å². The summed E-state index contributed by atoms with van der Waals surface area (Å²) in [7, 11) is 0. The number of hydrogen-bond acceptors (Lipinski definition) is 1. The quantitative estimate of drug-likeness (QED) is 0.411. The molecule has 4 rings (SSSR count). The number of imidazole rings is 1. The molecular weight excluding hydrogens is 328 g/mol. The molecule has 0 aliphatic heterocycles. The molecule has 0 aliphatic rings. The standard InChI is InChI=1S/C25H24N2/c1-25(2,3)22-15-13-20(14-16-22)19-9-11-21(12-10-19)24-26-17-18-27(24)23-7-5-4-6-8-23/h4-18H,1-3H3. The Bertz CT molecular complexity index is 1020. The molecule has 3 aromatic carbocycles. The molecule has 0 unspecified atom stereocenters. The Hall–Kier alpha value is -3.13. The van der Waals surface area contributed by atoms with Crippen molar-refractivity contribution in [3.63, 3.8) is 0 Å². The number of rotatable bonds is 3. The summed E-state index contributed by atoms with van der Waals surface area (Å²) < 4.78 is 2.12. The summed E-state index contributed by atoms with van der Waals surface area (Å²) in [6.45, 7) is 6.73. The lowest BCUT2D eigenvalue weighted by Crippen LogP contribution is -2.10. The Balaban J connectivity index is 1.63. The second-order valence-electron chi connectivity index (χ2n) is 7.86. The molecule has 0 N–H and O–H groups in total. The normalized spacial score (nSPS) is 11.5. The molecule has 134 valence electrons. The van der Waals surface area contributed by atoms with Gasteiger partial charge in [-0.2, -0.15) is 0 Å². The van der Waals surface area contributed by atoms with Gasteiger partial charge in [0, 0.05) is 23.6 Å². The predicted molar refractivity (Wildman–Crippen MR) is 113 cm³/mol. The van der Waals surface area contributed by atoms with Crippen molar-refractivity contribution in [1.29, 1.82) is 0 Å². The van der Waals surface area contributed by atoms with Crippen molar-refractivity contribution in [3.05, 3.63) is 96.8 Å². The minimum atomic E-state index is 0.177. The smallest absolute Gasteiger partial charge is 0.144 e. The van der Waals surface area contributed by atoms with Crippen LogP contribution < -0.4 is 0 Å². The van der Waals surface area contributed by atoms with Gasteiger partial charge < -0.3 is 0 Å². The van der Waals surface area contributed by atoms with Crippen LogP contribution in [0.25, 0.3) is 28.2 Å². The largest absolute Gasteiger partial charge is 0.300 e. The first kappa shape index (κ1) is 17.3. The van der Waals surface area contributed by atoms with Crippen molar-refractivity contribution in [2.45, 2.75) is 26.2 Å². The molecule has 0 radical (unpaired) electrons. The lowest BCUT2D eigenvalue weighted by atomic mass is 9.86. The molecule has 0 saturated carbocycles. The molecule has 0 aliphatic carbocycles. The Morgan fingerprint density at radius 2 is 1.22 bits per heavy atom. The second-order valence-corrected chi connectivity index (χ2v) is 7.86. The average molecular weight is 352 g/mol. The molecular formula is C25H24N2. The lowest BCUT2D eigenvalue weighted by molar-refractivity contribution is 0.590. The van der Waals surface area contributed by atoms with Gasteiger partial charge in [-0.25, -0.2) is 4.98 Å². The zero-order valence-corrected chi connectivity index (χ0v) is 16.1. The fraction of sp³-hybridized carbons (Fsp3) is 0.160. The van der Waals surface area contributed by atoms with Crippen LogP contribution in [0.1, 0.15) is 26.3 Å². The highest BCUT2D eigenvalue weighted by Crippen LogP contribution is 2.28. The highest BCUT2D eigenvalue weighted by Gasteiger charge is 2.13. The number of benzene rings is 3. The molecule has 1 aromatic heterocycles. The maximum Gasteiger partial charge on any atom is 0.144 e. The second kappa shape index (κ2) is 6.88. The van der Waals surface area contributed by atoms with Crippen LogP contribution in [0.3, 0.4) is 0 Å². The maximum absolute atomic E-state index is 4.57. The number of hydrogen-bond donors (Lipinski definition) is 0. The van der Waals surface area contributed by atoms with Crippen molar-refractivity contribution < 1.29 is 0 Å². The van der Waals surface area contributed by atoms with Gasteiger partial charge in [-0.1, -0.05) is 87.5 Å². The van der Waals surface area contributed by atoms with Crippen molar-refractivity contribution in [2.24, 2.45) is 0 Å². The van der Waals surface area contributed by atoms with E-state index < -0.39 is 0 Å². The zero-order chi connectivity index (χ0) is 18.9. The van der Waals surface area contributed by atoms with Crippen LogP contribution >= 0.6 is 0 Å². The van der Waals surface area contributed by atoms with E-state index >= 15 is 0 Å². The summed E-state index contributed by atoms with van der Waals surface area (Å²) in [5.74, 6) is 0.954. The molecule has 0 amide bonds. The van der Waals surface area contributed by atoms with Crippen LogP contribution in [0.15, 0.2) is 91.3 Å². The first-order chi connectivity index (χ1) is 13.0. The van der Waals surface area contributed by atoms with Gasteiger partial charge in [-0.05, 0) is 34.2 Å². The van der Waals surface area contributed by atoms with Crippen LogP contribution in [-0.2, 0) is 5.41 Å². The average Bonchev–Trinajstić information content (AvgIpc) is 3.18. The van der Waals surface area contributed by atoms with Gasteiger partial charge in [-0.3, -0.25) is 4.57 Å². The van der Waals surface area contributed by atoms with Gasteiger partial charge >= 0.3 is 0 Å². The number of para-hydroxylation sites is 1. The van der Waals surface area contributed by atoms with E-state index in [1.165, 1.54) is 16.7 Å². The summed E-state index contributed by atoms with van der Waals surface area (Å²) in [5.41, 5.74) is 6.22. The van der Waals surface area contributed by atoms with E-state index in [1.807, 2.05) is 30.6 Å². The third kappa shape index (κ3) is 3.56. The van der Waals surface area contributed by atoms with Crippen molar-refractivity contribution in [1.82, 2.24) is 9.55 Å². The van der Waals surface area contributed by atoms with Crippen LogP contribution in [0.4, 0.5) is 0 Å². The Morgan fingerprint density at radius 1 is 0.667 bits per heavy atom. The summed E-state index contributed by atoms with van der Waals surface area (Å²) >= 11 is 0. The van der Waals surface area contributed by atoms with Gasteiger partial charge in [-0.15, -0.1) is 0 Å². The molecule has 2 nitrogen and oxygen atoms in total. The Kier molecular flexibility index (Phi) is 4.41. The lowest BCUT2D eigenvalue weighted by Gasteiger charge is -2.19. The molecule has 4 aromatic rings. The van der Waals surface area contributed by atoms with Gasteiger partial charge in [0.15, 0.2) is 0 Å². The highest BCUT2D eigenvalue weighted by atomic mass is 15.1. The van der Waals surface area contributed by atoms with E-state index in [1.54, 1.807) is 0 Å². The molecule has 0 saturated heterocycles. The fourth-order valence-corrected chi connectivity index (χ4v) is 3.29. The first-order valence-corrected chi connectivity index (χ1v) is 9.32. The van der Waals surface area contributed by atoms with E-state index in [9.17, 15) is 0 Å². The molecule has 27 heavy (non-hydrogen) atoms. The molecule has 0 spiro atoms. The van der Waals surface area contributed by atoms with Crippen LogP contribution in [0.2, 0.25) is 0 Å². The molecule has 0 bridgehead atoms. The van der Waals surface area contributed by atoms with E-state index in [0.717, 1.165) is 17.1 Å². The van der Waals surface area contributed by atoms with Gasteiger partial charge in [0.1, 0.15) is 5.82 Å². The predicted octanol–water partition coefficient (Wildman–Crippen LogP) is 6.50. The van der Waals surface area contributed by atoms with Crippen LogP contribution in [-0.4, -0.2) is 9.55 Å². The maximum atomic E-state index is 4.57. The van der Waals surface area contributed by atoms with Crippen LogP contribution in [0, 0.1) is 0 Å². The van der Waals surface area contributed by atoms with Crippen molar-refractivity contribution >= 4 is 0 Å². The van der Waals surface area contributed by atoms with Gasteiger partial charge in [0.25, 0.3) is 0 Å². The molecule has 0 atom stereocenters.